The minimum atomic E-state index is -2.87. The van der Waals surface area contributed by atoms with Gasteiger partial charge in [0.2, 0.25) is 0 Å². The van der Waals surface area contributed by atoms with Crippen LogP contribution < -0.4 is 4.74 Å². The van der Waals surface area contributed by atoms with Crippen molar-refractivity contribution >= 4 is 5.91 Å². The molecule has 1 aliphatic carbocycles. The maximum absolute atomic E-state index is 13.1. The largest absolute Gasteiger partial charge is 0.507 e. The SMILES string of the molecule is C#N.Cc1ccc(CN2CCC(CC3=CC(O)=C4C(=O)N(Cc5ccc(OC(F)F)cc5)CC4C=C3)CC2)cc1. The molecule has 2 saturated heterocycles. The molecule has 3 aliphatic rings. The van der Waals surface area contributed by atoms with E-state index in [-0.39, 0.29) is 23.3 Å². The van der Waals surface area contributed by atoms with E-state index in [2.05, 4.69) is 53.5 Å². The molecular weight excluding hydrogens is 512 g/mol. The average molecular weight is 548 g/mol. The van der Waals surface area contributed by atoms with E-state index in [1.165, 1.54) is 23.3 Å². The van der Waals surface area contributed by atoms with E-state index in [9.17, 15) is 18.7 Å². The van der Waals surface area contributed by atoms with Gasteiger partial charge in [0, 0.05) is 32.1 Å². The molecule has 2 fully saturated rings. The molecule has 1 amide bonds. The van der Waals surface area contributed by atoms with Crippen molar-refractivity contribution in [1.82, 2.24) is 9.80 Å². The summed E-state index contributed by atoms with van der Waals surface area (Å²) in [5, 5.41) is 17.4. The maximum atomic E-state index is 13.1. The molecule has 0 radical (unpaired) electrons. The van der Waals surface area contributed by atoms with Crippen LogP contribution in [0.1, 0.15) is 36.0 Å². The Morgan fingerprint density at radius 2 is 1.65 bits per heavy atom. The van der Waals surface area contributed by atoms with Gasteiger partial charge in [-0.25, -0.2) is 5.26 Å². The van der Waals surface area contributed by atoms with Crippen molar-refractivity contribution in [2.75, 3.05) is 19.6 Å². The van der Waals surface area contributed by atoms with Gasteiger partial charge < -0.3 is 14.7 Å². The quantitative estimate of drug-likeness (QED) is 0.420. The standard InChI is InChI=1S/C31H34F2N2O3.CHN/c1-21-2-4-23(5-3-21)18-34-14-12-22(13-15-34)16-25-6-9-26-20-35(30(37)29(26)28(36)17-25)19-24-7-10-27(11-8-24)38-31(32)33;1-2/h2-11,17,22,26,31,36H,12-16,18-20H2,1H3;1H. The van der Waals surface area contributed by atoms with E-state index >= 15 is 0 Å². The molecule has 0 aromatic heterocycles. The second kappa shape index (κ2) is 13.4. The second-order valence-electron chi connectivity index (χ2n) is 10.6. The zero-order chi connectivity index (χ0) is 28.6. The summed E-state index contributed by atoms with van der Waals surface area (Å²) in [6.45, 7) is 6.66. The topological polar surface area (TPSA) is 76.8 Å². The van der Waals surface area contributed by atoms with Crippen LogP contribution in [0.3, 0.4) is 0 Å². The number of hydrogen-bond donors (Lipinski definition) is 1. The third-order valence-electron chi connectivity index (χ3n) is 7.73. The minimum Gasteiger partial charge on any atom is -0.507 e. The third kappa shape index (κ3) is 7.36. The number of hydrogen-bond acceptors (Lipinski definition) is 5. The number of aliphatic hydroxyl groups is 1. The number of piperidine rings is 1. The summed E-state index contributed by atoms with van der Waals surface area (Å²) in [5.41, 5.74) is 4.94. The number of rotatable bonds is 8. The lowest BCUT2D eigenvalue weighted by Gasteiger charge is -2.32. The Balaban J connectivity index is 0.00000181. The van der Waals surface area contributed by atoms with Gasteiger partial charge in [0.15, 0.2) is 0 Å². The summed E-state index contributed by atoms with van der Waals surface area (Å²) in [6.07, 6.45) is 9.00. The number of fused-ring (bicyclic) bond motifs is 1. The van der Waals surface area contributed by atoms with E-state index in [0.29, 0.717) is 24.6 Å². The average Bonchev–Trinajstić information content (AvgIpc) is 3.17. The summed E-state index contributed by atoms with van der Waals surface area (Å²) in [6, 6.07) is 15.0. The van der Waals surface area contributed by atoms with Crippen molar-refractivity contribution in [3.05, 3.63) is 100 Å². The van der Waals surface area contributed by atoms with Crippen molar-refractivity contribution in [3.8, 4) is 12.3 Å². The number of halogens is 2. The number of carbonyl (C=O) groups is 1. The Morgan fingerprint density at radius 3 is 2.30 bits per heavy atom. The number of ether oxygens (including phenoxy) is 1. The van der Waals surface area contributed by atoms with Gasteiger partial charge in [0.1, 0.15) is 11.5 Å². The Hall–Kier alpha value is -3.96. The summed E-state index contributed by atoms with van der Waals surface area (Å²) in [5.74, 6) is 0.334. The van der Waals surface area contributed by atoms with Gasteiger partial charge in [0.25, 0.3) is 5.91 Å². The van der Waals surface area contributed by atoms with Crippen molar-refractivity contribution in [3.63, 3.8) is 0 Å². The number of nitriles is 1. The molecule has 0 spiro atoms. The summed E-state index contributed by atoms with van der Waals surface area (Å²) in [4.78, 5) is 17.3. The lowest BCUT2D eigenvalue weighted by Crippen LogP contribution is -2.33. The maximum Gasteiger partial charge on any atom is 0.387 e. The zero-order valence-corrected chi connectivity index (χ0v) is 22.7. The number of aliphatic hydroxyl groups excluding tert-OH is 1. The van der Waals surface area contributed by atoms with Gasteiger partial charge in [0.05, 0.1) is 5.57 Å². The Morgan fingerprint density at radius 1 is 1.02 bits per heavy atom. The van der Waals surface area contributed by atoms with Crippen LogP contribution >= 0.6 is 0 Å². The number of carbonyl (C=O) groups excluding carboxylic acids is 1. The predicted octanol–water partition coefficient (Wildman–Crippen LogP) is 6.31. The van der Waals surface area contributed by atoms with Gasteiger partial charge in [-0.2, -0.15) is 8.78 Å². The molecule has 0 bridgehead atoms. The first-order valence-corrected chi connectivity index (χ1v) is 13.5. The lowest BCUT2D eigenvalue weighted by molar-refractivity contribution is -0.125. The van der Waals surface area contributed by atoms with E-state index < -0.39 is 6.61 Å². The van der Waals surface area contributed by atoms with Crippen LogP contribution in [0.4, 0.5) is 8.78 Å². The first kappa shape index (κ1) is 29.0. The number of alkyl halides is 2. The molecule has 6 nitrogen and oxygen atoms in total. The molecule has 5 rings (SSSR count). The summed E-state index contributed by atoms with van der Waals surface area (Å²) >= 11 is 0. The van der Waals surface area contributed by atoms with Crippen molar-refractivity contribution in [1.29, 1.82) is 5.26 Å². The first-order valence-electron chi connectivity index (χ1n) is 13.5. The molecular formula is C32H35F2N3O3. The third-order valence-corrected chi connectivity index (χ3v) is 7.73. The lowest BCUT2D eigenvalue weighted by atomic mass is 9.89. The fraction of sp³-hybridized carbons (Fsp3) is 0.375. The van der Waals surface area contributed by atoms with E-state index in [1.807, 2.05) is 6.08 Å². The van der Waals surface area contributed by atoms with E-state index in [0.717, 1.165) is 50.0 Å². The molecule has 40 heavy (non-hydrogen) atoms. The number of amides is 1. The Bertz CT molecular complexity index is 1270. The Labute approximate surface area is 234 Å². The second-order valence-corrected chi connectivity index (χ2v) is 10.6. The summed E-state index contributed by atoms with van der Waals surface area (Å²) in [7, 11) is 0. The van der Waals surface area contributed by atoms with Crippen molar-refractivity contribution in [2.45, 2.75) is 45.9 Å². The normalized spacial score (nSPS) is 19.6. The first-order chi connectivity index (χ1) is 19.3. The minimum absolute atomic E-state index is 0.0555. The summed E-state index contributed by atoms with van der Waals surface area (Å²) < 4.78 is 29.2. The molecule has 2 aliphatic heterocycles. The zero-order valence-electron chi connectivity index (χ0n) is 22.7. The molecule has 2 aromatic carbocycles. The number of likely N-dealkylation sites (tertiary alicyclic amines) is 2. The number of allylic oxidation sites excluding steroid dienone is 3. The molecule has 1 atom stereocenters. The highest BCUT2D eigenvalue weighted by Gasteiger charge is 2.37. The van der Waals surface area contributed by atoms with Gasteiger partial charge >= 0.3 is 6.61 Å². The number of aryl methyl sites for hydroxylation is 1. The molecule has 0 saturated carbocycles. The highest BCUT2D eigenvalue weighted by molar-refractivity contribution is 5.97. The highest BCUT2D eigenvalue weighted by atomic mass is 19.3. The van der Waals surface area contributed by atoms with Crippen LogP contribution in [0.2, 0.25) is 0 Å². The Kier molecular flexibility index (Phi) is 9.73. The van der Waals surface area contributed by atoms with Crippen LogP contribution in [-0.4, -0.2) is 47.1 Å². The highest BCUT2D eigenvalue weighted by Crippen LogP contribution is 2.34. The van der Waals surface area contributed by atoms with E-state index in [4.69, 9.17) is 5.26 Å². The predicted molar refractivity (Wildman–Crippen MR) is 149 cm³/mol. The smallest absolute Gasteiger partial charge is 0.387 e. The molecule has 210 valence electrons. The monoisotopic (exact) mass is 547 g/mol. The van der Waals surface area contributed by atoms with Gasteiger partial charge in [-0.05, 0) is 80.1 Å². The fourth-order valence-electron chi connectivity index (χ4n) is 5.63. The molecule has 1 unspecified atom stereocenters. The van der Waals surface area contributed by atoms with Crippen molar-refractivity contribution in [2.24, 2.45) is 11.8 Å². The molecule has 2 heterocycles. The van der Waals surface area contributed by atoms with Crippen LogP contribution in [0.25, 0.3) is 0 Å². The van der Waals surface area contributed by atoms with E-state index in [1.54, 1.807) is 23.1 Å². The molecule has 8 heteroatoms. The van der Waals surface area contributed by atoms with Crippen LogP contribution in [0, 0.1) is 30.6 Å². The van der Waals surface area contributed by atoms with Gasteiger partial charge in [-0.3, -0.25) is 9.69 Å². The molecule has 1 N–H and O–H groups in total. The van der Waals surface area contributed by atoms with Gasteiger partial charge in [-0.1, -0.05) is 54.1 Å². The number of nitrogens with zero attached hydrogens (tertiary/aromatic N) is 3. The van der Waals surface area contributed by atoms with Crippen LogP contribution in [-0.2, 0) is 17.9 Å². The fourth-order valence-corrected chi connectivity index (χ4v) is 5.63. The van der Waals surface area contributed by atoms with Crippen molar-refractivity contribution < 1.29 is 23.4 Å². The van der Waals surface area contributed by atoms with Gasteiger partial charge in [-0.15, -0.1) is 0 Å². The number of benzene rings is 2. The van der Waals surface area contributed by atoms with Crippen LogP contribution in [0.15, 0.2) is 83.7 Å². The van der Waals surface area contributed by atoms with Crippen LogP contribution in [0.5, 0.6) is 5.75 Å². The molecule has 2 aromatic rings.